The van der Waals surface area contributed by atoms with E-state index < -0.39 is 15.9 Å². The van der Waals surface area contributed by atoms with Crippen molar-refractivity contribution in [3.8, 4) is 0 Å². The van der Waals surface area contributed by atoms with Crippen LogP contribution in [0.25, 0.3) is 0 Å². The molecule has 3 rings (SSSR count). The van der Waals surface area contributed by atoms with Crippen LogP contribution in [0.3, 0.4) is 0 Å². The monoisotopic (exact) mass is 372 g/mol. The molecule has 2 aromatic carbocycles. The van der Waals surface area contributed by atoms with Gasteiger partial charge in [-0.3, -0.25) is 0 Å². The quantitative estimate of drug-likeness (QED) is 0.862. The van der Waals surface area contributed by atoms with Crippen molar-refractivity contribution in [2.45, 2.75) is 62.4 Å². The molecular formula is C22H28O3S. The Hall–Kier alpha value is -1.65. The Labute approximate surface area is 157 Å². The minimum absolute atomic E-state index is 0.0841. The van der Waals surface area contributed by atoms with Crippen LogP contribution < -0.4 is 0 Å². The Morgan fingerprint density at radius 3 is 1.88 bits per heavy atom. The average molecular weight is 373 g/mol. The van der Waals surface area contributed by atoms with Crippen molar-refractivity contribution in [3.63, 3.8) is 0 Å². The fourth-order valence-corrected chi connectivity index (χ4v) is 4.50. The van der Waals surface area contributed by atoms with Gasteiger partial charge in [0.25, 0.3) is 0 Å². The van der Waals surface area contributed by atoms with Crippen molar-refractivity contribution in [1.29, 1.82) is 0 Å². The van der Waals surface area contributed by atoms with Crippen LogP contribution in [-0.2, 0) is 20.7 Å². The summed E-state index contributed by atoms with van der Waals surface area (Å²) in [4.78, 5) is 0.266. The molecule has 1 atom stereocenters. The maximum absolute atomic E-state index is 11.6. The second-order valence-electron chi connectivity index (χ2n) is 8.82. The first-order chi connectivity index (χ1) is 11.9. The zero-order valence-corrected chi connectivity index (χ0v) is 17.0. The molecule has 3 nitrogen and oxygen atoms in total. The van der Waals surface area contributed by atoms with Gasteiger partial charge in [-0.15, -0.1) is 0 Å². The number of benzene rings is 2. The molecule has 140 valence electrons. The third kappa shape index (κ3) is 3.45. The Bertz CT molecular complexity index is 922. The third-order valence-electron chi connectivity index (χ3n) is 5.82. The van der Waals surface area contributed by atoms with Gasteiger partial charge in [-0.1, -0.05) is 58.0 Å². The molecule has 1 aliphatic rings. The van der Waals surface area contributed by atoms with Crippen molar-refractivity contribution in [3.05, 3.63) is 64.7 Å². The van der Waals surface area contributed by atoms with Gasteiger partial charge in [-0.25, -0.2) is 8.42 Å². The van der Waals surface area contributed by atoms with Crippen LogP contribution in [0.4, 0.5) is 0 Å². The zero-order chi connectivity index (χ0) is 19.3. The van der Waals surface area contributed by atoms with E-state index in [4.69, 9.17) is 0 Å². The Morgan fingerprint density at radius 1 is 0.846 bits per heavy atom. The van der Waals surface area contributed by atoms with Crippen LogP contribution >= 0.6 is 0 Å². The molecule has 2 aromatic rings. The summed E-state index contributed by atoms with van der Waals surface area (Å²) in [5.74, 6) is 0. The van der Waals surface area contributed by atoms with Crippen LogP contribution in [-0.4, -0.2) is 19.8 Å². The van der Waals surface area contributed by atoms with Gasteiger partial charge in [0.1, 0.15) is 6.10 Å². The molecule has 0 aliphatic heterocycles. The molecule has 0 spiro atoms. The second-order valence-corrected chi connectivity index (χ2v) is 10.8. The van der Waals surface area contributed by atoms with E-state index in [0.29, 0.717) is 5.56 Å². The molecular weight excluding hydrogens is 344 g/mol. The van der Waals surface area contributed by atoms with Gasteiger partial charge >= 0.3 is 0 Å². The fraction of sp³-hybridized carbons (Fsp3) is 0.455. The van der Waals surface area contributed by atoms with Crippen LogP contribution in [0.1, 0.15) is 68.9 Å². The van der Waals surface area contributed by atoms with E-state index in [1.54, 1.807) is 24.3 Å². The fourth-order valence-electron chi connectivity index (χ4n) is 3.87. The minimum atomic E-state index is -3.23. The molecule has 0 heterocycles. The van der Waals surface area contributed by atoms with Crippen molar-refractivity contribution >= 4 is 9.84 Å². The molecule has 0 saturated carbocycles. The molecule has 26 heavy (non-hydrogen) atoms. The summed E-state index contributed by atoms with van der Waals surface area (Å²) in [6.45, 7) is 9.08. The Morgan fingerprint density at radius 2 is 1.35 bits per heavy atom. The Kier molecular flexibility index (Phi) is 4.56. The highest BCUT2D eigenvalue weighted by Crippen LogP contribution is 2.46. The average Bonchev–Trinajstić information content (AvgIpc) is 2.57. The van der Waals surface area contributed by atoms with E-state index in [-0.39, 0.29) is 15.7 Å². The van der Waals surface area contributed by atoms with Crippen LogP contribution in [0.15, 0.2) is 47.4 Å². The van der Waals surface area contributed by atoms with Gasteiger partial charge in [-0.05, 0) is 58.1 Å². The summed E-state index contributed by atoms with van der Waals surface area (Å²) in [7, 11) is -3.23. The summed E-state index contributed by atoms with van der Waals surface area (Å²) >= 11 is 0. The van der Waals surface area contributed by atoms with E-state index in [9.17, 15) is 13.5 Å². The Balaban J connectivity index is 2.00. The van der Waals surface area contributed by atoms with E-state index in [0.717, 1.165) is 18.4 Å². The van der Waals surface area contributed by atoms with Gasteiger partial charge in [0.05, 0.1) is 4.90 Å². The van der Waals surface area contributed by atoms with Crippen LogP contribution in [0.5, 0.6) is 0 Å². The topological polar surface area (TPSA) is 54.4 Å². The lowest BCUT2D eigenvalue weighted by Gasteiger charge is -2.42. The molecule has 0 aromatic heterocycles. The highest BCUT2D eigenvalue weighted by molar-refractivity contribution is 7.90. The van der Waals surface area contributed by atoms with Crippen molar-refractivity contribution < 1.29 is 13.5 Å². The highest BCUT2D eigenvalue weighted by Gasteiger charge is 2.37. The summed E-state index contributed by atoms with van der Waals surface area (Å²) in [6, 6.07) is 12.8. The lowest BCUT2D eigenvalue weighted by Crippen LogP contribution is -2.34. The third-order valence-corrected chi connectivity index (χ3v) is 6.95. The van der Waals surface area contributed by atoms with Crippen molar-refractivity contribution in [2.24, 2.45) is 0 Å². The first kappa shape index (κ1) is 19.1. The van der Waals surface area contributed by atoms with Crippen LogP contribution in [0.2, 0.25) is 0 Å². The molecule has 1 aliphatic carbocycles. The normalized spacial score (nSPS) is 19.6. The lowest BCUT2D eigenvalue weighted by molar-refractivity contribution is 0.219. The van der Waals surface area contributed by atoms with E-state index in [1.807, 2.05) is 6.07 Å². The first-order valence-electron chi connectivity index (χ1n) is 9.05. The number of hydrogen-bond donors (Lipinski definition) is 1. The van der Waals surface area contributed by atoms with Gasteiger partial charge < -0.3 is 5.11 Å². The predicted molar refractivity (Wildman–Crippen MR) is 105 cm³/mol. The zero-order valence-electron chi connectivity index (χ0n) is 16.2. The maximum atomic E-state index is 11.6. The highest BCUT2D eigenvalue weighted by atomic mass is 32.2. The van der Waals surface area contributed by atoms with Gasteiger partial charge in [-0.2, -0.15) is 0 Å². The molecule has 1 N–H and O–H groups in total. The van der Waals surface area contributed by atoms with Crippen molar-refractivity contribution in [1.82, 2.24) is 0 Å². The van der Waals surface area contributed by atoms with E-state index >= 15 is 0 Å². The number of sulfone groups is 1. The first-order valence-corrected chi connectivity index (χ1v) is 10.9. The lowest BCUT2D eigenvalue weighted by atomic mass is 9.63. The van der Waals surface area contributed by atoms with Crippen LogP contribution in [0, 0.1) is 0 Å². The molecule has 0 bridgehead atoms. The molecule has 0 radical (unpaired) electrons. The number of rotatable bonds is 3. The molecule has 0 amide bonds. The number of hydrogen-bond acceptors (Lipinski definition) is 3. The maximum Gasteiger partial charge on any atom is 0.175 e. The largest absolute Gasteiger partial charge is 0.384 e. The minimum Gasteiger partial charge on any atom is -0.384 e. The number of aliphatic hydroxyl groups excluding tert-OH is 1. The standard InChI is InChI=1S/C22H28O3S/c1-21(2)12-13-22(3,4)19-14-16(8-11-18(19)21)20(23)15-6-9-17(10-7-15)26(5,24)25/h6-11,14,20,23H,12-13H2,1-5H3. The second kappa shape index (κ2) is 6.21. The van der Waals surface area contributed by atoms with Crippen molar-refractivity contribution in [2.75, 3.05) is 6.26 Å². The summed E-state index contributed by atoms with van der Waals surface area (Å²) in [5.41, 5.74) is 4.44. The summed E-state index contributed by atoms with van der Waals surface area (Å²) in [5, 5.41) is 10.8. The molecule has 1 unspecified atom stereocenters. The van der Waals surface area contributed by atoms with E-state index in [1.165, 1.54) is 17.4 Å². The van der Waals surface area contributed by atoms with E-state index in [2.05, 4.69) is 39.8 Å². The predicted octanol–water partition coefficient (Wildman–Crippen LogP) is 4.52. The SMILES string of the molecule is CC1(C)CCC(C)(C)c2cc(C(O)c3ccc(S(C)(=O)=O)cc3)ccc21. The smallest absolute Gasteiger partial charge is 0.175 e. The molecule has 4 heteroatoms. The number of fused-ring (bicyclic) bond motifs is 1. The molecule has 0 fully saturated rings. The summed E-state index contributed by atoms with van der Waals surface area (Å²) in [6.07, 6.45) is 2.69. The van der Waals surface area contributed by atoms with Gasteiger partial charge in [0.15, 0.2) is 9.84 Å². The van der Waals surface area contributed by atoms with Gasteiger partial charge in [0.2, 0.25) is 0 Å². The summed E-state index contributed by atoms with van der Waals surface area (Å²) < 4.78 is 23.2. The number of aliphatic hydroxyl groups is 1. The van der Waals surface area contributed by atoms with Gasteiger partial charge in [0, 0.05) is 6.26 Å². The molecule has 0 saturated heterocycles.